The van der Waals surface area contributed by atoms with Gasteiger partial charge in [-0.2, -0.15) is 5.10 Å². The Balaban J connectivity index is 1.45. The number of H-pyrrole nitrogens is 2. The van der Waals surface area contributed by atoms with E-state index in [1.807, 2.05) is 36.4 Å². The third-order valence-corrected chi connectivity index (χ3v) is 3.65. The highest BCUT2D eigenvalue weighted by Gasteiger charge is 2.11. The van der Waals surface area contributed by atoms with Crippen molar-refractivity contribution < 1.29 is 4.79 Å². The number of amides is 1. The number of nitrogens with one attached hydrogen (secondary N) is 3. The maximum absolute atomic E-state index is 12.2. The maximum atomic E-state index is 12.2. The van der Waals surface area contributed by atoms with Gasteiger partial charge in [0.1, 0.15) is 11.5 Å². The summed E-state index contributed by atoms with van der Waals surface area (Å²) in [5.41, 5.74) is 3.83. The molecule has 3 N–H and O–H groups in total. The van der Waals surface area contributed by atoms with Gasteiger partial charge in [-0.1, -0.05) is 12.1 Å². The number of hydrogen-bond acceptors (Lipinski definition) is 4. The van der Waals surface area contributed by atoms with Crippen LogP contribution in [0.5, 0.6) is 0 Å². The monoisotopic (exact) mass is 318 g/mol. The number of hydrogen-bond donors (Lipinski definition) is 3. The number of rotatable bonds is 4. The van der Waals surface area contributed by atoms with E-state index in [-0.39, 0.29) is 5.91 Å². The summed E-state index contributed by atoms with van der Waals surface area (Å²) in [5, 5.41) is 9.74. The van der Waals surface area contributed by atoms with Gasteiger partial charge in [0.25, 0.3) is 5.91 Å². The second kappa shape index (κ2) is 5.96. The number of fused-ring (bicyclic) bond motifs is 1. The van der Waals surface area contributed by atoms with Crippen molar-refractivity contribution in [3.05, 3.63) is 66.4 Å². The van der Waals surface area contributed by atoms with Crippen molar-refractivity contribution in [2.45, 2.75) is 6.54 Å². The van der Waals surface area contributed by atoms with E-state index >= 15 is 0 Å². The Morgan fingerprint density at radius 1 is 1.12 bits per heavy atom. The molecule has 24 heavy (non-hydrogen) atoms. The van der Waals surface area contributed by atoms with Gasteiger partial charge in [-0.3, -0.25) is 14.9 Å². The Bertz CT molecular complexity index is 955. The molecule has 0 saturated heterocycles. The van der Waals surface area contributed by atoms with Gasteiger partial charge in [-0.05, 0) is 30.3 Å². The smallest absolute Gasteiger partial charge is 0.269 e. The van der Waals surface area contributed by atoms with Gasteiger partial charge in [0.2, 0.25) is 0 Å². The molecule has 0 aliphatic carbocycles. The number of carbonyl (C=O) groups is 1. The Hall–Kier alpha value is -3.48. The summed E-state index contributed by atoms with van der Waals surface area (Å²) in [4.78, 5) is 23.8. The highest BCUT2D eigenvalue weighted by Crippen LogP contribution is 2.16. The van der Waals surface area contributed by atoms with E-state index in [2.05, 4.69) is 30.5 Å². The second-order valence-electron chi connectivity index (χ2n) is 5.29. The van der Waals surface area contributed by atoms with Crippen LogP contribution in [-0.4, -0.2) is 31.1 Å². The van der Waals surface area contributed by atoms with E-state index in [0.717, 1.165) is 16.6 Å². The average Bonchev–Trinajstić information content (AvgIpc) is 3.27. The molecule has 4 rings (SSSR count). The van der Waals surface area contributed by atoms with Gasteiger partial charge in [-0.15, -0.1) is 0 Å². The number of imidazole rings is 1. The molecule has 0 fully saturated rings. The minimum absolute atomic E-state index is 0.233. The lowest BCUT2D eigenvalue weighted by Crippen LogP contribution is -2.23. The van der Waals surface area contributed by atoms with Gasteiger partial charge in [0.15, 0.2) is 0 Å². The van der Waals surface area contributed by atoms with E-state index in [0.29, 0.717) is 23.8 Å². The van der Waals surface area contributed by atoms with Crippen LogP contribution in [0.2, 0.25) is 0 Å². The maximum Gasteiger partial charge on any atom is 0.269 e. The third kappa shape index (κ3) is 2.74. The Morgan fingerprint density at radius 3 is 2.79 bits per heavy atom. The van der Waals surface area contributed by atoms with Crippen molar-refractivity contribution in [1.29, 1.82) is 0 Å². The number of nitrogens with zero attached hydrogens (tertiary/aromatic N) is 3. The first kappa shape index (κ1) is 14.1. The summed E-state index contributed by atoms with van der Waals surface area (Å²) in [7, 11) is 0. The summed E-state index contributed by atoms with van der Waals surface area (Å²) in [6, 6.07) is 13.1. The molecule has 3 heterocycles. The lowest BCUT2D eigenvalue weighted by atomic mass is 10.2. The van der Waals surface area contributed by atoms with Crippen molar-refractivity contribution in [1.82, 2.24) is 30.5 Å². The molecule has 7 nitrogen and oxygen atoms in total. The van der Waals surface area contributed by atoms with E-state index < -0.39 is 0 Å². The summed E-state index contributed by atoms with van der Waals surface area (Å²) < 4.78 is 0. The number of aromatic amines is 2. The quantitative estimate of drug-likeness (QED) is 0.537. The summed E-state index contributed by atoms with van der Waals surface area (Å²) in [6.07, 6.45) is 3.37. The highest BCUT2D eigenvalue weighted by molar-refractivity contribution is 5.93. The summed E-state index contributed by atoms with van der Waals surface area (Å²) in [5.74, 6) is 0.474. The SMILES string of the molecule is O=C(NCc1nc2ccccc2[nH]1)c1cc(-c2ccncc2)n[nH]1. The second-order valence-corrected chi connectivity index (χ2v) is 5.29. The zero-order valence-corrected chi connectivity index (χ0v) is 12.7. The van der Waals surface area contributed by atoms with Crippen LogP contribution >= 0.6 is 0 Å². The Morgan fingerprint density at radius 2 is 1.96 bits per heavy atom. The number of para-hydroxylation sites is 2. The van der Waals surface area contributed by atoms with Crippen LogP contribution in [0.4, 0.5) is 0 Å². The van der Waals surface area contributed by atoms with Gasteiger partial charge in [0, 0.05) is 18.0 Å². The minimum Gasteiger partial charge on any atom is -0.343 e. The molecule has 3 aromatic heterocycles. The van der Waals surface area contributed by atoms with Crippen molar-refractivity contribution in [3.8, 4) is 11.3 Å². The molecule has 0 aliphatic rings. The van der Waals surface area contributed by atoms with Crippen LogP contribution in [-0.2, 0) is 6.54 Å². The van der Waals surface area contributed by atoms with E-state index in [1.165, 1.54) is 0 Å². The molecule has 0 radical (unpaired) electrons. The first-order valence-corrected chi connectivity index (χ1v) is 7.47. The largest absolute Gasteiger partial charge is 0.343 e. The number of carbonyl (C=O) groups excluding carboxylic acids is 1. The predicted octanol–water partition coefficient (Wildman–Crippen LogP) is 2.28. The first-order valence-electron chi connectivity index (χ1n) is 7.47. The Kier molecular flexibility index (Phi) is 3.51. The standard InChI is InChI=1S/C17H14N6O/c24-17(15-9-14(22-23-15)11-5-7-18-8-6-11)19-10-16-20-12-3-1-2-4-13(12)21-16/h1-9H,10H2,(H,19,24)(H,20,21)(H,22,23). The van der Waals surface area contributed by atoms with E-state index in [1.54, 1.807) is 18.5 Å². The lowest BCUT2D eigenvalue weighted by Gasteiger charge is -2.00. The van der Waals surface area contributed by atoms with Crippen molar-refractivity contribution in [2.75, 3.05) is 0 Å². The Labute approximate surface area is 137 Å². The molecule has 0 unspecified atom stereocenters. The van der Waals surface area contributed by atoms with Crippen LogP contribution in [0, 0.1) is 0 Å². The zero-order valence-electron chi connectivity index (χ0n) is 12.7. The van der Waals surface area contributed by atoms with Gasteiger partial charge >= 0.3 is 0 Å². The molecule has 0 spiro atoms. The molecule has 1 amide bonds. The minimum atomic E-state index is -0.233. The number of pyridine rings is 1. The number of benzene rings is 1. The molecule has 0 aliphatic heterocycles. The van der Waals surface area contributed by atoms with Crippen LogP contribution in [0.1, 0.15) is 16.3 Å². The fourth-order valence-electron chi connectivity index (χ4n) is 2.46. The molecule has 1 aromatic carbocycles. The number of aromatic nitrogens is 5. The van der Waals surface area contributed by atoms with Gasteiger partial charge < -0.3 is 10.3 Å². The topological polar surface area (TPSA) is 99.3 Å². The average molecular weight is 318 g/mol. The first-order chi connectivity index (χ1) is 11.8. The van der Waals surface area contributed by atoms with Gasteiger partial charge in [0.05, 0.1) is 23.3 Å². The molecule has 0 bridgehead atoms. The molecular formula is C17H14N6O. The molecule has 7 heteroatoms. The summed E-state index contributed by atoms with van der Waals surface area (Å²) in [6.45, 7) is 0.317. The fourth-order valence-corrected chi connectivity index (χ4v) is 2.46. The molecule has 0 atom stereocenters. The van der Waals surface area contributed by atoms with Gasteiger partial charge in [-0.25, -0.2) is 4.98 Å². The zero-order chi connectivity index (χ0) is 16.4. The fraction of sp³-hybridized carbons (Fsp3) is 0.0588. The molecular weight excluding hydrogens is 304 g/mol. The van der Waals surface area contributed by atoms with E-state index in [4.69, 9.17) is 0 Å². The van der Waals surface area contributed by atoms with Crippen molar-refractivity contribution >= 4 is 16.9 Å². The molecule has 0 saturated carbocycles. The van der Waals surface area contributed by atoms with Crippen LogP contribution in [0.15, 0.2) is 54.9 Å². The molecule has 118 valence electrons. The van der Waals surface area contributed by atoms with Crippen molar-refractivity contribution in [2.24, 2.45) is 0 Å². The van der Waals surface area contributed by atoms with Crippen LogP contribution < -0.4 is 5.32 Å². The van der Waals surface area contributed by atoms with E-state index in [9.17, 15) is 4.79 Å². The van der Waals surface area contributed by atoms with Crippen LogP contribution in [0.25, 0.3) is 22.3 Å². The predicted molar refractivity (Wildman–Crippen MR) is 89.1 cm³/mol. The van der Waals surface area contributed by atoms with Crippen molar-refractivity contribution in [3.63, 3.8) is 0 Å². The normalized spacial score (nSPS) is 10.8. The third-order valence-electron chi connectivity index (χ3n) is 3.65. The van der Waals surface area contributed by atoms with Crippen LogP contribution in [0.3, 0.4) is 0 Å². The highest BCUT2D eigenvalue weighted by atomic mass is 16.1. The summed E-state index contributed by atoms with van der Waals surface area (Å²) >= 11 is 0. The molecule has 4 aromatic rings. The lowest BCUT2D eigenvalue weighted by molar-refractivity contribution is 0.0945.